The Balaban J connectivity index is 1.94. The molecule has 0 spiro atoms. The zero-order valence-electron chi connectivity index (χ0n) is 10.1. The van der Waals surface area contributed by atoms with E-state index in [2.05, 4.69) is 38.9 Å². The number of imidazole rings is 1. The fraction of sp³-hybridized carbons (Fsp3) is 0.214. The number of nitrogens with two attached hydrogens (primary N) is 1. The molecular weight excluding hydrogens is 224 g/mol. The smallest absolute Gasteiger partial charge is 0.0951 e. The van der Waals surface area contributed by atoms with Gasteiger partial charge in [-0.3, -0.25) is 0 Å². The van der Waals surface area contributed by atoms with Crippen molar-refractivity contribution >= 4 is 10.9 Å². The Morgan fingerprint density at radius 2 is 2.17 bits per heavy atom. The monoisotopic (exact) mass is 240 g/mol. The van der Waals surface area contributed by atoms with Gasteiger partial charge in [0.2, 0.25) is 0 Å². The lowest BCUT2D eigenvalue weighted by Crippen LogP contribution is -2.09. The number of hydrogen-bond donors (Lipinski definition) is 2. The Hall–Kier alpha value is -2.07. The van der Waals surface area contributed by atoms with Crippen molar-refractivity contribution in [1.82, 2.24) is 14.5 Å². The van der Waals surface area contributed by atoms with E-state index in [1.165, 1.54) is 22.2 Å². The summed E-state index contributed by atoms with van der Waals surface area (Å²) in [6, 6.07) is 8.34. The number of rotatable bonds is 4. The van der Waals surface area contributed by atoms with Gasteiger partial charge in [-0.05, 0) is 18.2 Å². The van der Waals surface area contributed by atoms with Crippen LogP contribution in [0, 0.1) is 0 Å². The second-order valence-electron chi connectivity index (χ2n) is 4.41. The van der Waals surface area contributed by atoms with Crippen LogP contribution >= 0.6 is 0 Å². The number of hydrogen-bond acceptors (Lipinski definition) is 2. The van der Waals surface area contributed by atoms with Gasteiger partial charge in [0.15, 0.2) is 0 Å². The van der Waals surface area contributed by atoms with Gasteiger partial charge in [0.05, 0.1) is 12.9 Å². The summed E-state index contributed by atoms with van der Waals surface area (Å²) >= 11 is 0. The number of nitrogens with one attached hydrogen (secondary N) is 1. The Morgan fingerprint density at radius 1 is 1.28 bits per heavy atom. The van der Waals surface area contributed by atoms with Gasteiger partial charge in [0.1, 0.15) is 0 Å². The first-order chi connectivity index (χ1) is 8.88. The first kappa shape index (κ1) is 11.0. The van der Waals surface area contributed by atoms with Crippen molar-refractivity contribution in [3.8, 4) is 0 Å². The summed E-state index contributed by atoms with van der Waals surface area (Å²) in [7, 11) is 0. The first-order valence-electron chi connectivity index (χ1n) is 6.12. The Kier molecular flexibility index (Phi) is 2.86. The molecule has 2 heterocycles. The molecular formula is C14H16N4. The maximum Gasteiger partial charge on any atom is 0.0951 e. The molecule has 0 bridgehead atoms. The van der Waals surface area contributed by atoms with E-state index in [0.717, 1.165) is 13.0 Å². The van der Waals surface area contributed by atoms with Crippen molar-refractivity contribution in [2.24, 2.45) is 5.73 Å². The summed E-state index contributed by atoms with van der Waals surface area (Å²) in [5, 5.41) is 1.27. The molecule has 0 saturated heterocycles. The molecule has 4 heteroatoms. The lowest BCUT2D eigenvalue weighted by molar-refractivity contribution is 0.736. The summed E-state index contributed by atoms with van der Waals surface area (Å²) in [5.74, 6) is 0. The quantitative estimate of drug-likeness (QED) is 0.732. The van der Waals surface area contributed by atoms with E-state index in [9.17, 15) is 0 Å². The topological polar surface area (TPSA) is 59.6 Å². The second-order valence-corrected chi connectivity index (χ2v) is 4.41. The SMILES string of the molecule is NCCc1cncn1Cc1c[nH]c2ccccc12. The fourth-order valence-corrected chi connectivity index (χ4v) is 2.29. The van der Waals surface area contributed by atoms with Gasteiger partial charge in [-0.25, -0.2) is 4.98 Å². The van der Waals surface area contributed by atoms with Crippen LogP contribution in [0.15, 0.2) is 43.0 Å². The van der Waals surface area contributed by atoms with Crippen LogP contribution in [0.3, 0.4) is 0 Å². The molecule has 0 fully saturated rings. The third kappa shape index (κ3) is 1.91. The summed E-state index contributed by atoms with van der Waals surface area (Å²) in [6.45, 7) is 1.49. The van der Waals surface area contributed by atoms with Crippen LogP contribution in [0.1, 0.15) is 11.3 Å². The van der Waals surface area contributed by atoms with Gasteiger partial charge in [0, 0.05) is 35.4 Å². The highest BCUT2D eigenvalue weighted by Crippen LogP contribution is 2.19. The average Bonchev–Trinajstić information content (AvgIpc) is 2.99. The third-order valence-corrected chi connectivity index (χ3v) is 3.21. The van der Waals surface area contributed by atoms with Gasteiger partial charge in [-0.1, -0.05) is 18.2 Å². The number of aromatic nitrogens is 3. The van der Waals surface area contributed by atoms with Crippen LogP contribution in [0.2, 0.25) is 0 Å². The molecule has 0 amide bonds. The summed E-state index contributed by atoms with van der Waals surface area (Å²) < 4.78 is 2.16. The minimum atomic E-state index is 0.652. The largest absolute Gasteiger partial charge is 0.361 e. The van der Waals surface area contributed by atoms with Crippen molar-refractivity contribution < 1.29 is 0 Å². The number of para-hydroxylation sites is 1. The zero-order chi connectivity index (χ0) is 12.4. The van der Waals surface area contributed by atoms with E-state index in [1.807, 2.05) is 18.6 Å². The van der Waals surface area contributed by atoms with Crippen molar-refractivity contribution in [2.45, 2.75) is 13.0 Å². The van der Waals surface area contributed by atoms with E-state index >= 15 is 0 Å². The summed E-state index contributed by atoms with van der Waals surface area (Å²) in [6.07, 6.45) is 6.69. The minimum Gasteiger partial charge on any atom is -0.361 e. The van der Waals surface area contributed by atoms with Crippen molar-refractivity contribution in [3.05, 3.63) is 54.2 Å². The van der Waals surface area contributed by atoms with Crippen LogP contribution in [0.5, 0.6) is 0 Å². The van der Waals surface area contributed by atoms with E-state index < -0.39 is 0 Å². The highest BCUT2D eigenvalue weighted by atomic mass is 15.0. The molecule has 92 valence electrons. The molecule has 0 atom stereocenters. The molecule has 18 heavy (non-hydrogen) atoms. The van der Waals surface area contributed by atoms with Crippen molar-refractivity contribution in [2.75, 3.05) is 6.54 Å². The molecule has 3 rings (SSSR count). The molecule has 3 aromatic rings. The fourth-order valence-electron chi connectivity index (χ4n) is 2.29. The molecule has 0 saturated carbocycles. The predicted molar refractivity (Wildman–Crippen MR) is 72.4 cm³/mol. The average molecular weight is 240 g/mol. The number of fused-ring (bicyclic) bond motifs is 1. The number of benzene rings is 1. The number of nitrogens with zero attached hydrogens (tertiary/aromatic N) is 2. The normalized spacial score (nSPS) is 11.2. The highest BCUT2D eigenvalue weighted by Gasteiger charge is 2.06. The maximum absolute atomic E-state index is 5.61. The summed E-state index contributed by atoms with van der Waals surface area (Å²) in [4.78, 5) is 7.49. The lowest BCUT2D eigenvalue weighted by Gasteiger charge is -2.06. The molecule has 4 nitrogen and oxygen atoms in total. The first-order valence-corrected chi connectivity index (χ1v) is 6.12. The third-order valence-electron chi connectivity index (χ3n) is 3.21. The Labute approximate surface area is 105 Å². The van der Waals surface area contributed by atoms with Crippen molar-refractivity contribution in [3.63, 3.8) is 0 Å². The van der Waals surface area contributed by atoms with Gasteiger partial charge in [-0.2, -0.15) is 0 Å². The van der Waals surface area contributed by atoms with Gasteiger partial charge in [0.25, 0.3) is 0 Å². The Bertz CT molecular complexity index is 650. The number of aromatic amines is 1. The molecule has 2 aromatic heterocycles. The van der Waals surface area contributed by atoms with Gasteiger partial charge < -0.3 is 15.3 Å². The zero-order valence-corrected chi connectivity index (χ0v) is 10.1. The van der Waals surface area contributed by atoms with E-state index in [4.69, 9.17) is 5.73 Å². The van der Waals surface area contributed by atoms with Crippen LogP contribution in [-0.4, -0.2) is 21.1 Å². The standard InChI is InChI=1S/C14H16N4/c15-6-5-12-8-16-10-18(12)9-11-7-17-14-4-2-1-3-13(11)14/h1-4,7-8,10,17H,5-6,9,15H2. The molecule has 1 aromatic carbocycles. The molecule has 0 unspecified atom stereocenters. The van der Waals surface area contributed by atoms with Crippen molar-refractivity contribution in [1.29, 1.82) is 0 Å². The van der Waals surface area contributed by atoms with E-state index in [-0.39, 0.29) is 0 Å². The Morgan fingerprint density at radius 3 is 3.06 bits per heavy atom. The van der Waals surface area contributed by atoms with Crippen LogP contribution < -0.4 is 5.73 Å². The van der Waals surface area contributed by atoms with E-state index in [1.54, 1.807) is 0 Å². The lowest BCUT2D eigenvalue weighted by atomic mass is 10.2. The van der Waals surface area contributed by atoms with Crippen LogP contribution in [0.4, 0.5) is 0 Å². The highest BCUT2D eigenvalue weighted by molar-refractivity contribution is 5.83. The molecule has 0 aliphatic heterocycles. The van der Waals surface area contributed by atoms with Crippen LogP contribution in [-0.2, 0) is 13.0 Å². The molecule has 0 radical (unpaired) electrons. The maximum atomic E-state index is 5.61. The van der Waals surface area contributed by atoms with E-state index in [0.29, 0.717) is 6.54 Å². The minimum absolute atomic E-state index is 0.652. The number of H-pyrrole nitrogens is 1. The summed E-state index contributed by atoms with van der Waals surface area (Å²) in [5.41, 5.74) is 9.24. The molecule has 0 aliphatic rings. The molecule has 3 N–H and O–H groups in total. The second kappa shape index (κ2) is 4.66. The van der Waals surface area contributed by atoms with Gasteiger partial charge >= 0.3 is 0 Å². The molecule has 0 aliphatic carbocycles. The van der Waals surface area contributed by atoms with Crippen LogP contribution in [0.25, 0.3) is 10.9 Å². The predicted octanol–water partition coefficient (Wildman–Crippen LogP) is 1.91. The van der Waals surface area contributed by atoms with Gasteiger partial charge in [-0.15, -0.1) is 0 Å².